The lowest BCUT2D eigenvalue weighted by Gasteiger charge is -2.11. The Morgan fingerprint density at radius 1 is 1.57 bits per heavy atom. The zero-order chi connectivity index (χ0) is 10.8. The van der Waals surface area contributed by atoms with Crippen LogP contribution in [0.1, 0.15) is 20.3 Å². The molecule has 76 valence electrons. The molecule has 0 fully saturated rings. The molecule has 0 saturated heterocycles. The van der Waals surface area contributed by atoms with E-state index in [1.807, 2.05) is 0 Å². The van der Waals surface area contributed by atoms with Crippen molar-refractivity contribution in [3.05, 3.63) is 0 Å². The second-order valence-corrected chi connectivity index (χ2v) is 2.77. The van der Waals surface area contributed by atoms with Crippen LogP contribution < -0.4 is 10.6 Å². The fourth-order valence-electron chi connectivity index (χ4n) is 0.860. The Balaban J connectivity index is 3.61. The minimum Gasteiger partial charge on any atom is -0.344 e. The average Bonchev–Trinajstić information content (AvgIpc) is 2.20. The van der Waals surface area contributed by atoms with E-state index in [0.29, 0.717) is 6.54 Å². The van der Waals surface area contributed by atoms with Gasteiger partial charge in [-0.05, 0) is 13.8 Å². The monoisotopic (exact) mass is 192 g/mol. The highest BCUT2D eigenvalue weighted by molar-refractivity contribution is 5.81. The first-order chi connectivity index (χ1) is 6.72. The lowest BCUT2D eigenvalue weighted by atomic mass is 10.3. The van der Waals surface area contributed by atoms with Gasteiger partial charge in [0.1, 0.15) is 0 Å². The second kappa shape index (κ2) is 8.16. The van der Waals surface area contributed by atoms with Crippen molar-refractivity contribution in [3.63, 3.8) is 0 Å². The quantitative estimate of drug-likeness (QED) is 0.480. The third-order valence-electron chi connectivity index (χ3n) is 1.64. The smallest absolute Gasteiger partial charge is 0.237 e. The Labute approximate surface area is 85.6 Å². The lowest BCUT2D eigenvalue weighted by molar-refractivity contribution is -0.122. The van der Waals surface area contributed by atoms with Gasteiger partial charge in [0.2, 0.25) is 5.91 Å². The highest BCUT2D eigenvalue weighted by Gasteiger charge is 2.09. The summed E-state index contributed by atoms with van der Waals surface area (Å²) in [6.45, 7) is 4.58. The van der Waals surface area contributed by atoms with Crippen LogP contribution in [0.25, 0.3) is 0 Å². The summed E-state index contributed by atoms with van der Waals surface area (Å²) in [5.74, 6) is 7.97. The molecule has 0 saturated carbocycles. The molecule has 0 bridgehead atoms. The summed E-state index contributed by atoms with van der Waals surface area (Å²) in [5, 5.41) is 5.64. The predicted molar refractivity (Wildman–Crippen MR) is 57.4 cm³/mol. The largest absolute Gasteiger partial charge is 0.344 e. The Bertz CT molecular complexity index is 267. The molecule has 0 aliphatic carbocycles. The van der Waals surface area contributed by atoms with Gasteiger partial charge in [-0.25, -0.2) is 0 Å². The van der Waals surface area contributed by atoms with E-state index in [2.05, 4.69) is 28.4 Å². The van der Waals surface area contributed by atoms with Crippen molar-refractivity contribution in [3.8, 4) is 24.2 Å². The molecule has 0 heterocycles. The first kappa shape index (κ1) is 12.6. The molecule has 0 rings (SSSR count). The number of hydrogen-bond donors (Lipinski definition) is 2. The summed E-state index contributed by atoms with van der Waals surface area (Å²) in [7, 11) is 0. The molecule has 0 spiro atoms. The van der Waals surface area contributed by atoms with Crippen LogP contribution >= 0.6 is 0 Å². The maximum atomic E-state index is 11.3. The molecule has 3 nitrogen and oxygen atoms in total. The van der Waals surface area contributed by atoms with Gasteiger partial charge in [0.25, 0.3) is 0 Å². The molecule has 3 heteroatoms. The van der Waals surface area contributed by atoms with Crippen molar-refractivity contribution < 1.29 is 4.79 Å². The second-order valence-electron chi connectivity index (χ2n) is 2.77. The summed E-state index contributed by atoms with van der Waals surface area (Å²) in [6.07, 6.45) is 5.77. The van der Waals surface area contributed by atoms with Gasteiger partial charge in [0, 0.05) is 13.0 Å². The SMILES string of the molecule is C#CCNC(=O)C(C)NCCC#CC. The standard InChI is InChI=1S/C11H16N2O/c1-4-6-7-9-12-10(3)11(14)13-8-5-2/h2,10,12H,7-9H2,1,3H3,(H,13,14). The topological polar surface area (TPSA) is 41.1 Å². The fraction of sp³-hybridized carbons (Fsp3) is 0.545. The van der Waals surface area contributed by atoms with Crippen molar-refractivity contribution in [2.24, 2.45) is 0 Å². The molecule has 1 unspecified atom stereocenters. The maximum Gasteiger partial charge on any atom is 0.237 e. The van der Waals surface area contributed by atoms with Crippen molar-refractivity contribution >= 4 is 5.91 Å². The first-order valence-corrected chi connectivity index (χ1v) is 4.56. The highest BCUT2D eigenvalue weighted by atomic mass is 16.2. The van der Waals surface area contributed by atoms with E-state index in [1.165, 1.54) is 0 Å². The number of amides is 1. The molecule has 0 aromatic carbocycles. The molecule has 0 aliphatic rings. The van der Waals surface area contributed by atoms with Crippen LogP contribution in [0.2, 0.25) is 0 Å². The zero-order valence-electron chi connectivity index (χ0n) is 8.68. The summed E-state index contributed by atoms with van der Waals surface area (Å²) in [6, 6.07) is -0.220. The number of rotatable bonds is 5. The van der Waals surface area contributed by atoms with Crippen molar-refractivity contribution in [1.29, 1.82) is 0 Å². The van der Waals surface area contributed by atoms with E-state index < -0.39 is 0 Å². The molecule has 0 aromatic heterocycles. The molecular weight excluding hydrogens is 176 g/mol. The summed E-state index contributed by atoms with van der Waals surface area (Å²) in [5.41, 5.74) is 0. The maximum absolute atomic E-state index is 11.3. The Morgan fingerprint density at radius 2 is 2.29 bits per heavy atom. The van der Waals surface area contributed by atoms with Gasteiger partial charge in [0.15, 0.2) is 0 Å². The van der Waals surface area contributed by atoms with E-state index in [9.17, 15) is 4.79 Å². The molecule has 0 radical (unpaired) electrons. The van der Waals surface area contributed by atoms with E-state index in [0.717, 1.165) is 6.42 Å². The number of nitrogens with one attached hydrogen (secondary N) is 2. The van der Waals surface area contributed by atoms with Crippen LogP contribution in [0.5, 0.6) is 0 Å². The van der Waals surface area contributed by atoms with E-state index in [-0.39, 0.29) is 18.5 Å². The molecule has 0 aliphatic heterocycles. The van der Waals surface area contributed by atoms with Crippen LogP contribution in [-0.4, -0.2) is 25.0 Å². The minimum atomic E-state index is -0.220. The van der Waals surface area contributed by atoms with Gasteiger partial charge >= 0.3 is 0 Å². The normalized spacial score (nSPS) is 10.6. The highest BCUT2D eigenvalue weighted by Crippen LogP contribution is 1.82. The minimum absolute atomic E-state index is 0.0765. The van der Waals surface area contributed by atoms with Crippen molar-refractivity contribution in [2.45, 2.75) is 26.3 Å². The van der Waals surface area contributed by atoms with Crippen LogP contribution in [0.15, 0.2) is 0 Å². The number of carbonyl (C=O) groups excluding carboxylic acids is 1. The Morgan fingerprint density at radius 3 is 2.86 bits per heavy atom. The third kappa shape index (κ3) is 6.11. The van der Waals surface area contributed by atoms with E-state index in [1.54, 1.807) is 13.8 Å². The van der Waals surface area contributed by atoms with E-state index >= 15 is 0 Å². The van der Waals surface area contributed by atoms with Crippen LogP contribution in [-0.2, 0) is 4.79 Å². The molecule has 2 N–H and O–H groups in total. The van der Waals surface area contributed by atoms with Gasteiger partial charge in [-0.15, -0.1) is 18.3 Å². The van der Waals surface area contributed by atoms with Crippen molar-refractivity contribution in [1.82, 2.24) is 10.6 Å². The zero-order valence-corrected chi connectivity index (χ0v) is 8.68. The average molecular weight is 192 g/mol. The predicted octanol–water partition coefficient (Wildman–Crippen LogP) is 0.127. The Kier molecular flexibility index (Phi) is 7.32. The van der Waals surface area contributed by atoms with Crippen LogP contribution in [0, 0.1) is 24.2 Å². The summed E-state index contributed by atoms with van der Waals surface area (Å²) in [4.78, 5) is 11.3. The third-order valence-corrected chi connectivity index (χ3v) is 1.64. The number of hydrogen-bond acceptors (Lipinski definition) is 2. The van der Waals surface area contributed by atoms with E-state index in [4.69, 9.17) is 6.42 Å². The van der Waals surface area contributed by atoms with Crippen LogP contribution in [0.4, 0.5) is 0 Å². The van der Waals surface area contributed by atoms with Gasteiger partial charge < -0.3 is 10.6 Å². The molecule has 1 amide bonds. The van der Waals surface area contributed by atoms with Crippen LogP contribution in [0.3, 0.4) is 0 Å². The number of carbonyl (C=O) groups is 1. The lowest BCUT2D eigenvalue weighted by Crippen LogP contribution is -2.42. The summed E-state index contributed by atoms with van der Waals surface area (Å²) < 4.78 is 0. The molecule has 0 aromatic rings. The van der Waals surface area contributed by atoms with Gasteiger partial charge in [-0.2, -0.15) is 0 Å². The Hall–Kier alpha value is -1.45. The fourth-order valence-corrected chi connectivity index (χ4v) is 0.860. The first-order valence-electron chi connectivity index (χ1n) is 4.56. The van der Waals surface area contributed by atoms with Crippen molar-refractivity contribution in [2.75, 3.05) is 13.1 Å². The molecular formula is C11H16N2O. The molecule has 14 heavy (non-hydrogen) atoms. The summed E-state index contributed by atoms with van der Waals surface area (Å²) >= 11 is 0. The van der Waals surface area contributed by atoms with Gasteiger partial charge in [-0.1, -0.05) is 5.92 Å². The number of terminal acetylenes is 1. The van der Waals surface area contributed by atoms with Gasteiger partial charge in [0.05, 0.1) is 12.6 Å². The van der Waals surface area contributed by atoms with Gasteiger partial charge in [-0.3, -0.25) is 4.79 Å². The molecule has 1 atom stereocenters.